The number of hydrogen-bond acceptors (Lipinski definition) is 9. The third-order valence-electron chi connectivity index (χ3n) is 7.23. The van der Waals surface area contributed by atoms with Crippen LogP contribution in [0.25, 0.3) is 0 Å². The van der Waals surface area contributed by atoms with Crippen molar-refractivity contribution >= 4 is 41.5 Å². The van der Waals surface area contributed by atoms with Gasteiger partial charge in [0, 0.05) is 13.1 Å². The molecule has 0 radical (unpaired) electrons. The average molecular weight is 627 g/mol. The van der Waals surface area contributed by atoms with Crippen LogP contribution in [-0.4, -0.2) is 107 Å². The molecular weight excluding hydrogens is 576 g/mol. The second-order valence-electron chi connectivity index (χ2n) is 10.9. The van der Waals surface area contributed by atoms with E-state index in [0.29, 0.717) is 58.2 Å². The van der Waals surface area contributed by atoms with Gasteiger partial charge in [-0.05, 0) is 71.8 Å². The van der Waals surface area contributed by atoms with E-state index in [1.165, 1.54) is 18.7 Å². The fourth-order valence-corrected chi connectivity index (χ4v) is 4.59. The van der Waals surface area contributed by atoms with Gasteiger partial charge in [-0.25, -0.2) is 0 Å². The third kappa shape index (κ3) is 12.7. The summed E-state index contributed by atoms with van der Waals surface area (Å²) in [6.07, 6.45) is 3.32. The normalized spacial score (nSPS) is 17.8. The highest BCUT2D eigenvalue weighted by molar-refractivity contribution is 5.96. The SMILES string of the molecule is CC[C@H](NC(=O)[C@H](C)NC(=O)[C@H](CCCCN)NC(=O)[C@@H]1CCCN1C(=O)[C@@H](N)CCCN=C(N)N)C(=O)N[C@@H](C)C(=O)O. The quantitative estimate of drug-likeness (QED) is 0.0394. The predicted octanol–water partition coefficient (Wildman–Crippen LogP) is -3.04. The first-order chi connectivity index (χ1) is 20.7. The lowest BCUT2D eigenvalue weighted by Crippen LogP contribution is -2.58. The van der Waals surface area contributed by atoms with Crippen molar-refractivity contribution in [1.29, 1.82) is 0 Å². The number of nitrogens with one attached hydrogen (secondary N) is 4. The first-order valence-corrected chi connectivity index (χ1v) is 15.0. The Hall–Kier alpha value is -3.99. The molecule has 1 rings (SSSR count). The number of carboxylic acids is 1. The standard InChI is InChI=1S/C27H50N10O7/c1-4-18(22(39)34-16(3)26(43)44)35-21(38)15(2)33-23(40)19(10-5-6-12-28)36-24(41)20-11-8-14-37(20)25(42)17(29)9-7-13-32-27(30)31/h15-20H,4-14,28-29H2,1-3H3,(H,33,40)(H,34,39)(H,35,38)(H,36,41)(H,43,44)(H4,30,31,32)/t15-,16-,17-,18-,19-,20-/m0/s1. The Morgan fingerprint density at radius 1 is 0.886 bits per heavy atom. The monoisotopic (exact) mass is 626 g/mol. The molecule has 13 N–H and O–H groups in total. The lowest BCUT2D eigenvalue weighted by Gasteiger charge is -2.29. The van der Waals surface area contributed by atoms with Crippen molar-refractivity contribution in [2.45, 2.75) is 108 Å². The van der Waals surface area contributed by atoms with E-state index < -0.39 is 65.8 Å². The zero-order valence-corrected chi connectivity index (χ0v) is 25.8. The summed E-state index contributed by atoms with van der Waals surface area (Å²) in [5.41, 5.74) is 22.3. The Bertz CT molecular complexity index is 1040. The molecule has 1 aliphatic rings. The number of likely N-dealkylation sites (tertiary alicyclic amines) is 1. The molecule has 17 nitrogen and oxygen atoms in total. The molecule has 17 heteroatoms. The fraction of sp³-hybridized carbons (Fsp3) is 0.741. The van der Waals surface area contributed by atoms with Gasteiger partial charge in [-0.15, -0.1) is 0 Å². The number of aliphatic imine (C=N–C) groups is 1. The van der Waals surface area contributed by atoms with Gasteiger partial charge in [-0.3, -0.25) is 33.8 Å². The number of aliphatic carboxylic acids is 1. The summed E-state index contributed by atoms with van der Waals surface area (Å²) in [5, 5.41) is 19.1. The Morgan fingerprint density at radius 3 is 2.11 bits per heavy atom. The van der Waals surface area contributed by atoms with Crippen molar-refractivity contribution in [3.05, 3.63) is 0 Å². The largest absolute Gasteiger partial charge is 0.480 e. The minimum atomic E-state index is -1.23. The number of guanidine groups is 1. The highest BCUT2D eigenvalue weighted by Gasteiger charge is 2.37. The molecule has 250 valence electrons. The van der Waals surface area contributed by atoms with Gasteiger partial charge in [0.1, 0.15) is 30.2 Å². The number of hydrogen-bond donors (Lipinski definition) is 9. The molecule has 44 heavy (non-hydrogen) atoms. The summed E-state index contributed by atoms with van der Waals surface area (Å²) in [7, 11) is 0. The zero-order chi connectivity index (χ0) is 33.4. The highest BCUT2D eigenvalue weighted by Crippen LogP contribution is 2.20. The van der Waals surface area contributed by atoms with Crippen LogP contribution in [0.15, 0.2) is 4.99 Å². The Morgan fingerprint density at radius 2 is 1.52 bits per heavy atom. The van der Waals surface area contributed by atoms with Gasteiger partial charge in [0.2, 0.25) is 29.5 Å². The summed E-state index contributed by atoms with van der Waals surface area (Å²) < 4.78 is 0. The summed E-state index contributed by atoms with van der Waals surface area (Å²) >= 11 is 0. The Balaban J connectivity index is 2.86. The third-order valence-corrected chi connectivity index (χ3v) is 7.23. The first kappa shape index (κ1) is 38.0. The van der Waals surface area contributed by atoms with Crippen molar-refractivity contribution in [2.75, 3.05) is 19.6 Å². The number of carbonyl (C=O) groups is 6. The van der Waals surface area contributed by atoms with Crippen LogP contribution in [0, 0.1) is 0 Å². The molecular formula is C27H50N10O7. The van der Waals surface area contributed by atoms with Crippen molar-refractivity contribution in [2.24, 2.45) is 27.9 Å². The number of rotatable bonds is 19. The van der Waals surface area contributed by atoms with Gasteiger partial charge >= 0.3 is 5.97 Å². The van der Waals surface area contributed by atoms with Gasteiger partial charge in [-0.1, -0.05) is 6.92 Å². The average Bonchev–Trinajstić information content (AvgIpc) is 3.46. The Labute approximate surface area is 257 Å². The van der Waals surface area contributed by atoms with Gasteiger partial charge in [-0.2, -0.15) is 0 Å². The fourth-order valence-electron chi connectivity index (χ4n) is 4.59. The van der Waals surface area contributed by atoms with Crippen LogP contribution in [0.1, 0.15) is 72.1 Å². The number of nitrogens with two attached hydrogens (primary N) is 4. The van der Waals surface area contributed by atoms with Crippen molar-refractivity contribution < 1.29 is 33.9 Å². The number of carboxylic acid groups (broad SMARTS) is 1. The molecule has 1 fully saturated rings. The van der Waals surface area contributed by atoms with Gasteiger partial charge in [0.15, 0.2) is 5.96 Å². The lowest BCUT2D eigenvalue weighted by atomic mass is 10.1. The lowest BCUT2D eigenvalue weighted by molar-refractivity contribution is -0.142. The second kappa shape index (κ2) is 19.3. The topological polar surface area (TPSA) is 290 Å². The summed E-state index contributed by atoms with van der Waals surface area (Å²) in [6.45, 7) is 5.40. The maximum absolute atomic E-state index is 13.3. The zero-order valence-electron chi connectivity index (χ0n) is 25.8. The van der Waals surface area contributed by atoms with Crippen LogP contribution in [0.4, 0.5) is 0 Å². The summed E-state index contributed by atoms with van der Waals surface area (Å²) in [4.78, 5) is 81.1. The number of carbonyl (C=O) groups excluding carboxylic acids is 5. The second-order valence-corrected chi connectivity index (χ2v) is 10.9. The van der Waals surface area contributed by atoms with Gasteiger partial charge in [0.05, 0.1) is 6.04 Å². The van der Waals surface area contributed by atoms with E-state index in [-0.39, 0.29) is 24.7 Å². The molecule has 1 aliphatic heterocycles. The molecule has 0 bridgehead atoms. The molecule has 1 saturated heterocycles. The van der Waals surface area contributed by atoms with E-state index in [0.717, 1.165) is 0 Å². The van der Waals surface area contributed by atoms with E-state index in [1.807, 2.05) is 0 Å². The number of nitrogens with zero attached hydrogens (tertiary/aromatic N) is 2. The first-order valence-electron chi connectivity index (χ1n) is 15.0. The van der Waals surface area contributed by atoms with Gasteiger partial charge in [0.25, 0.3) is 0 Å². The molecule has 0 aromatic heterocycles. The molecule has 0 spiro atoms. The molecule has 0 unspecified atom stereocenters. The minimum absolute atomic E-state index is 0.0542. The molecule has 0 saturated carbocycles. The molecule has 0 aromatic rings. The van der Waals surface area contributed by atoms with Gasteiger partial charge < -0.3 is 54.2 Å². The van der Waals surface area contributed by atoms with Crippen LogP contribution in [-0.2, 0) is 28.8 Å². The molecule has 0 aliphatic carbocycles. The highest BCUT2D eigenvalue weighted by atomic mass is 16.4. The molecule has 6 atom stereocenters. The molecule has 5 amide bonds. The van der Waals surface area contributed by atoms with E-state index >= 15 is 0 Å². The van der Waals surface area contributed by atoms with Crippen molar-refractivity contribution in [1.82, 2.24) is 26.2 Å². The van der Waals surface area contributed by atoms with E-state index in [4.69, 9.17) is 28.0 Å². The molecule has 1 heterocycles. The van der Waals surface area contributed by atoms with Crippen LogP contribution in [0.2, 0.25) is 0 Å². The summed E-state index contributed by atoms with van der Waals surface area (Å²) in [5.74, 6) is -4.14. The van der Waals surface area contributed by atoms with Crippen LogP contribution < -0.4 is 44.2 Å². The maximum atomic E-state index is 13.3. The Kier molecular flexibility index (Phi) is 16.7. The van der Waals surface area contributed by atoms with E-state index in [2.05, 4.69) is 26.3 Å². The maximum Gasteiger partial charge on any atom is 0.325 e. The van der Waals surface area contributed by atoms with Crippen LogP contribution in [0.5, 0.6) is 0 Å². The van der Waals surface area contributed by atoms with Crippen molar-refractivity contribution in [3.8, 4) is 0 Å². The smallest absolute Gasteiger partial charge is 0.325 e. The van der Waals surface area contributed by atoms with Crippen LogP contribution >= 0.6 is 0 Å². The van der Waals surface area contributed by atoms with E-state index in [9.17, 15) is 28.8 Å². The number of amides is 5. The minimum Gasteiger partial charge on any atom is -0.480 e. The van der Waals surface area contributed by atoms with Crippen LogP contribution in [0.3, 0.4) is 0 Å². The predicted molar refractivity (Wildman–Crippen MR) is 163 cm³/mol. The summed E-state index contributed by atoms with van der Waals surface area (Å²) in [6, 6.07) is -5.93. The number of unbranched alkanes of at least 4 members (excludes halogenated alkanes) is 1. The molecule has 0 aromatic carbocycles. The van der Waals surface area contributed by atoms with E-state index in [1.54, 1.807) is 6.92 Å². The van der Waals surface area contributed by atoms with Crippen molar-refractivity contribution in [3.63, 3.8) is 0 Å².